The summed E-state index contributed by atoms with van der Waals surface area (Å²) in [5.74, 6) is -0.270. The summed E-state index contributed by atoms with van der Waals surface area (Å²) in [6.07, 6.45) is 0. The van der Waals surface area contributed by atoms with Gasteiger partial charge in [0.1, 0.15) is 0 Å². The van der Waals surface area contributed by atoms with E-state index in [1.165, 1.54) is 12.1 Å². The van der Waals surface area contributed by atoms with Crippen molar-refractivity contribution in [1.29, 1.82) is 0 Å². The minimum atomic E-state index is -0.605. The molecule has 1 amide bonds. The number of carbonyl (C=O) groups excluding carboxylic acids is 1. The van der Waals surface area contributed by atoms with E-state index in [0.717, 1.165) is 6.07 Å². The first-order valence-electron chi connectivity index (χ1n) is 5.02. The largest absolute Gasteiger partial charge is 0.345 e. The molecule has 19 heavy (non-hydrogen) atoms. The molecule has 0 radical (unpaired) electrons. The van der Waals surface area contributed by atoms with Gasteiger partial charge in [0.15, 0.2) is 5.82 Å². The van der Waals surface area contributed by atoms with Gasteiger partial charge in [0, 0.05) is 12.1 Å². The van der Waals surface area contributed by atoms with Crippen LogP contribution in [0.15, 0.2) is 18.2 Å². The topological polar surface area (TPSA) is 127 Å². The molecule has 0 aliphatic carbocycles. The Morgan fingerprint density at radius 3 is 2.95 bits per heavy atom. The molecular formula is C9H7ClN6O3. The normalized spacial score (nSPS) is 10.2. The molecule has 9 nitrogen and oxygen atoms in total. The monoisotopic (exact) mass is 282 g/mol. The SMILES string of the molecule is O=C(NCc1nn[nH]n1)c1cc([N+](=O)[O-])ccc1Cl. The Morgan fingerprint density at radius 2 is 2.32 bits per heavy atom. The van der Waals surface area contributed by atoms with E-state index in [1.807, 2.05) is 0 Å². The van der Waals surface area contributed by atoms with E-state index in [9.17, 15) is 14.9 Å². The van der Waals surface area contributed by atoms with Gasteiger partial charge < -0.3 is 5.32 Å². The lowest BCUT2D eigenvalue weighted by atomic mass is 10.2. The first-order valence-corrected chi connectivity index (χ1v) is 5.40. The Balaban J connectivity index is 2.14. The average Bonchev–Trinajstić information content (AvgIpc) is 2.89. The van der Waals surface area contributed by atoms with E-state index in [4.69, 9.17) is 11.6 Å². The summed E-state index contributed by atoms with van der Waals surface area (Å²) in [6, 6.07) is 3.62. The maximum absolute atomic E-state index is 11.8. The van der Waals surface area contributed by atoms with Crippen LogP contribution in [0.1, 0.15) is 16.2 Å². The van der Waals surface area contributed by atoms with Gasteiger partial charge in [-0.3, -0.25) is 14.9 Å². The Hall–Kier alpha value is -2.55. The minimum absolute atomic E-state index is 0.0133. The van der Waals surface area contributed by atoms with Crippen molar-refractivity contribution in [2.24, 2.45) is 0 Å². The zero-order chi connectivity index (χ0) is 13.8. The quantitative estimate of drug-likeness (QED) is 0.627. The summed E-state index contributed by atoms with van der Waals surface area (Å²) >= 11 is 5.82. The highest BCUT2D eigenvalue weighted by molar-refractivity contribution is 6.33. The van der Waals surface area contributed by atoms with Crippen molar-refractivity contribution in [1.82, 2.24) is 25.9 Å². The summed E-state index contributed by atoms with van der Waals surface area (Å²) in [4.78, 5) is 21.9. The third-order valence-electron chi connectivity index (χ3n) is 2.20. The third kappa shape index (κ3) is 3.01. The van der Waals surface area contributed by atoms with Crippen LogP contribution in [-0.4, -0.2) is 31.5 Å². The van der Waals surface area contributed by atoms with E-state index in [2.05, 4.69) is 25.9 Å². The van der Waals surface area contributed by atoms with Crippen LogP contribution in [0.5, 0.6) is 0 Å². The van der Waals surface area contributed by atoms with E-state index in [-0.39, 0.29) is 28.6 Å². The van der Waals surface area contributed by atoms with Crippen molar-refractivity contribution in [3.8, 4) is 0 Å². The lowest BCUT2D eigenvalue weighted by Crippen LogP contribution is -2.23. The highest BCUT2D eigenvalue weighted by Crippen LogP contribution is 2.21. The summed E-state index contributed by atoms with van der Waals surface area (Å²) in [5, 5.41) is 26.1. The fourth-order valence-corrected chi connectivity index (χ4v) is 1.52. The Labute approximate surface area is 111 Å². The van der Waals surface area contributed by atoms with Gasteiger partial charge in [0.2, 0.25) is 0 Å². The number of tetrazole rings is 1. The number of carbonyl (C=O) groups is 1. The molecule has 2 N–H and O–H groups in total. The lowest BCUT2D eigenvalue weighted by molar-refractivity contribution is -0.384. The predicted octanol–water partition coefficient (Wildman–Crippen LogP) is 0.691. The average molecular weight is 283 g/mol. The molecule has 1 aromatic heterocycles. The van der Waals surface area contributed by atoms with Gasteiger partial charge in [0.25, 0.3) is 11.6 Å². The second-order valence-electron chi connectivity index (χ2n) is 3.43. The number of halogens is 1. The molecule has 0 unspecified atom stereocenters. The second kappa shape index (κ2) is 5.40. The van der Waals surface area contributed by atoms with Crippen LogP contribution in [0.3, 0.4) is 0 Å². The fraction of sp³-hybridized carbons (Fsp3) is 0.111. The number of aromatic nitrogens is 4. The number of nitrogens with one attached hydrogen (secondary N) is 2. The Bertz CT molecular complexity index is 614. The summed E-state index contributed by atoms with van der Waals surface area (Å²) in [5.41, 5.74) is -0.200. The van der Waals surface area contributed by atoms with Gasteiger partial charge in [-0.25, -0.2) is 0 Å². The molecule has 0 saturated heterocycles. The lowest BCUT2D eigenvalue weighted by Gasteiger charge is -2.04. The number of benzene rings is 1. The number of H-pyrrole nitrogens is 1. The molecule has 2 aromatic rings. The number of nitrogens with zero attached hydrogens (tertiary/aromatic N) is 4. The first kappa shape index (κ1) is 12.9. The van der Waals surface area contributed by atoms with Crippen LogP contribution >= 0.6 is 11.6 Å². The van der Waals surface area contributed by atoms with Crippen LogP contribution < -0.4 is 5.32 Å². The van der Waals surface area contributed by atoms with Crippen LogP contribution in [0.4, 0.5) is 5.69 Å². The number of hydrogen-bond donors (Lipinski definition) is 2. The molecule has 1 heterocycles. The minimum Gasteiger partial charge on any atom is -0.345 e. The highest BCUT2D eigenvalue weighted by atomic mass is 35.5. The van der Waals surface area contributed by atoms with Gasteiger partial charge in [-0.05, 0) is 6.07 Å². The van der Waals surface area contributed by atoms with Gasteiger partial charge in [-0.15, -0.1) is 10.2 Å². The molecule has 0 fully saturated rings. The number of amides is 1. The summed E-state index contributed by atoms with van der Waals surface area (Å²) < 4.78 is 0. The molecule has 10 heteroatoms. The fourth-order valence-electron chi connectivity index (χ4n) is 1.31. The molecule has 0 saturated carbocycles. The Morgan fingerprint density at radius 1 is 1.53 bits per heavy atom. The molecule has 0 atom stereocenters. The zero-order valence-corrected chi connectivity index (χ0v) is 10.1. The van der Waals surface area contributed by atoms with Crippen LogP contribution in [0, 0.1) is 10.1 Å². The van der Waals surface area contributed by atoms with E-state index in [1.54, 1.807) is 0 Å². The van der Waals surface area contributed by atoms with Gasteiger partial charge in [-0.2, -0.15) is 5.21 Å². The van der Waals surface area contributed by atoms with Crippen LogP contribution in [0.25, 0.3) is 0 Å². The van der Waals surface area contributed by atoms with Crippen molar-refractivity contribution >= 4 is 23.2 Å². The number of non-ortho nitro benzene ring substituents is 1. The molecule has 98 valence electrons. The van der Waals surface area contributed by atoms with Crippen molar-refractivity contribution in [2.75, 3.05) is 0 Å². The van der Waals surface area contributed by atoms with Crippen molar-refractivity contribution in [2.45, 2.75) is 6.54 Å². The van der Waals surface area contributed by atoms with E-state index in [0.29, 0.717) is 0 Å². The number of aromatic amines is 1. The highest BCUT2D eigenvalue weighted by Gasteiger charge is 2.16. The third-order valence-corrected chi connectivity index (χ3v) is 2.53. The van der Waals surface area contributed by atoms with Gasteiger partial charge >= 0.3 is 0 Å². The van der Waals surface area contributed by atoms with Crippen molar-refractivity contribution < 1.29 is 9.72 Å². The molecule has 2 rings (SSSR count). The predicted molar refractivity (Wildman–Crippen MR) is 63.5 cm³/mol. The zero-order valence-electron chi connectivity index (χ0n) is 9.33. The maximum Gasteiger partial charge on any atom is 0.270 e. The molecule has 1 aromatic carbocycles. The molecular weight excluding hydrogens is 276 g/mol. The van der Waals surface area contributed by atoms with Gasteiger partial charge in [-0.1, -0.05) is 16.8 Å². The van der Waals surface area contributed by atoms with Crippen molar-refractivity contribution in [3.63, 3.8) is 0 Å². The molecule has 0 aliphatic heterocycles. The Kier molecular flexibility index (Phi) is 3.66. The summed E-state index contributed by atoms with van der Waals surface area (Å²) in [7, 11) is 0. The van der Waals surface area contributed by atoms with Gasteiger partial charge in [0.05, 0.1) is 22.1 Å². The molecule has 0 bridgehead atoms. The number of rotatable bonds is 4. The van der Waals surface area contributed by atoms with Crippen molar-refractivity contribution in [3.05, 3.63) is 44.7 Å². The number of hydrogen-bond acceptors (Lipinski definition) is 6. The maximum atomic E-state index is 11.8. The second-order valence-corrected chi connectivity index (χ2v) is 3.84. The molecule has 0 aliphatic rings. The van der Waals surface area contributed by atoms with Crippen LogP contribution in [-0.2, 0) is 6.54 Å². The number of nitro groups is 1. The van der Waals surface area contributed by atoms with E-state index >= 15 is 0 Å². The standard InChI is InChI=1S/C9H7ClN6O3/c10-7-2-1-5(16(18)19)3-6(7)9(17)11-4-8-12-14-15-13-8/h1-3H,4H2,(H,11,17)(H,12,13,14,15). The first-order chi connectivity index (χ1) is 9.08. The molecule has 0 spiro atoms. The summed E-state index contributed by atoms with van der Waals surface area (Å²) in [6.45, 7) is 0.0361. The smallest absolute Gasteiger partial charge is 0.270 e. The van der Waals surface area contributed by atoms with E-state index < -0.39 is 10.8 Å². The van der Waals surface area contributed by atoms with Crippen LogP contribution in [0.2, 0.25) is 5.02 Å². The number of nitro benzene ring substituents is 1.